The Balaban J connectivity index is 1.74. The Morgan fingerprint density at radius 1 is 1.41 bits per heavy atom. The van der Waals surface area contributed by atoms with E-state index >= 15 is 0 Å². The zero-order valence-electron chi connectivity index (χ0n) is 9.71. The van der Waals surface area contributed by atoms with Gasteiger partial charge in [0.1, 0.15) is 17.2 Å². The van der Waals surface area contributed by atoms with Gasteiger partial charge >= 0.3 is 0 Å². The van der Waals surface area contributed by atoms with Crippen LogP contribution in [0, 0.1) is 0 Å². The van der Waals surface area contributed by atoms with Crippen LogP contribution in [0.3, 0.4) is 0 Å². The summed E-state index contributed by atoms with van der Waals surface area (Å²) in [5.74, 6) is 0.884. The molecule has 17 heavy (non-hydrogen) atoms. The Bertz CT molecular complexity index is 443. The van der Waals surface area contributed by atoms with Crippen LogP contribution in [0.25, 0.3) is 0 Å². The number of anilines is 1. The van der Waals surface area contributed by atoms with E-state index in [0.29, 0.717) is 0 Å². The van der Waals surface area contributed by atoms with Crippen molar-refractivity contribution in [2.75, 3.05) is 18.1 Å². The number of imidazole rings is 1. The second-order valence-corrected chi connectivity index (χ2v) is 4.35. The molecule has 0 aliphatic carbocycles. The summed E-state index contributed by atoms with van der Waals surface area (Å²) >= 11 is 1.62. The van der Waals surface area contributed by atoms with E-state index < -0.39 is 0 Å². The quantitative estimate of drug-likeness (QED) is 0.481. The third-order valence-corrected chi connectivity index (χ3v) is 2.95. The fourth-order valence-corrected chi connectivity index (χ4v) is 1.83. The molecule has 1 N–H and O–H groups in total. The van der Waals surface area contributed by atoms with Gasteiger partial charge < -0.3 is 9.88 Å². The molecular weight excluding hydrogens is 234 g/mol. The minimum atomic E-state index is 0.884. The first-order valence-electron chi connectivity index (χ1n) is 5.44. The van der Waals surface area contributed by atoms with Crippen LogP contribution in [0.2, 0.25) is 0 Å². The van der Waals surface area contributed by atoms with Crippen LogP contribution in [-0.4, -0.2) is 32.3 Å². The van der Waals surface area contributed by atoms with Gasteiger partial charge in [-0.25, -0.2) is 15.0 Å². The number of hydrogen-bond acceptors (Lipinski definition) is 5. The Kier molecular flexibility index (Phi) is 4.37. The van der Waals surface area contributed by atoms with Gasteiger partial charge in [0.25, 0.3) is 0 Å². The lowest BCUT2D eigenvalue weighted by Crippen LogP contribution is -2.07. The van der Waals surface area contributed by atoms with Crippen LogP contribution in [0.1, 0.15) is 6.42 Å². The Labute approximate surface area is 105 Å². The molecule has 0 bridgehead atoms. The fraction of sp³-hybridized carbons (Fsp3) is 0.364. The number of aryl methyl sites for hydroxylation is 1. The minimum absolute atomic E-state index is 0.884. The molecule has 6 heteroatoms. The molecule has 0 aliphatic heterocycles. The maximum absolute atomic E-state index is 4.17. The lowest BCUT2D eigenvalue weighted by atomic mass is 10.4. The van der Waals surface area contributed by atoms with Crippen LogP contribution in [0.4, 0.5) is 5.82 Å². The molecule has 0 saturated carbocycles. The number of nitrogens with one attached hydrogen (secondary N) is 1. The summed E-state index contributed by atoms with van der Waals surface area (Å²) in [5.41, 5.74) is 0. The van der Waals surface area contributed by atoms with Crippen molar-refractivity contribution in [2.24, 2.45) is 0 Å². The van der Waals surface area contributed by atoms with Gasteiger partial charge in [-0.1, -0.05) is 0 Å². The summed E-state index contributed by atoms with van der Waals surface area (Å²) in [6, 6.07) is 1.96. The third-order valence-electron chi connectivity index (χ3n) is 2.31. The highest BCUT2D eigenvalue weighted by atomic mass is 32.2. The van der Waals surface area contributed by atoms with E-state index in [-0.39, 0.29) is 0 Å². The predicted octanol–water partition coefficient (Wildman–Crippen LogP) is 1.90. The molecule has 90 valence electrons. The molecule has 0 unspecified atom stereocenters. The standard InChI is InChI=1S/C11H15N5S/c1-17-11-7-10(14-8-15-11)13-3-2-5-16-6-4-12-9-16/h4,6-9H,2-3,5H2,1H3,(H,13,14,15). The summed E-state index contributed by atoms with van der Waals surface area (Å²) in [6.07, 6.45) is 10.2. The van der Waals surface area contributed by atoms with E-state index in [0.717, 1.165) is 30.4 Å². The van der Waals surface area contributed by atoms with Crippen LogP contribution >= 0.6 is 11.8 Å². The lowest BCUT2D eigenvalue weighted by molar-refractivity contribution is 0.660. The van der Waals surface area contributed by atoms with E-state index in [1.165, 1.54) is 0 Å². The second kappa shape index (κ2) is 6.24. The smallest absolute Gasteiger partial charge is 0.130 e. The van der Waals surface area contributed by atoms with Crippen molar-refractivity contribution in [1.82, 2.24) is 19.5 Å². The first-order chi connectivity index (χ1) is 8.38. The molecule has 0 saturated heterocycles. The average Bonchev–Trinajstić information content (AvgIpc) is 2.88. The maximum Gasteiger partial charge on any atom is 0.130 e. The first kappa shape index (κ1) is 11.9. The molecule has 0 spiro atoms. The molecule has 2 aromatic heterocycles. The van der Waals surface area contributed by atoms with Crippen molar-refractivity contribution < 1.29 is 0 Å². The SMILES string of the molecule is CSc1cc(NCCCn2ccnc2)ncn1. The van der Waals surface area contributed by atoms with Crippen LogP contribution in [-0.2, 0) is 6.54 Å². The van der Waals surface area contributed by atoms with E-state index in [4.69, 9.17) is 0 Å². The minimum Gasteiger partial charge on any atom is -0.370 e. The van der Waals surface area contributed by atoms with E-state index in [9.17, 15) is 0 Å². The van der Waals surface area contributed by atoms with Crippen molar-refractivity contribution in [1.29, 1.82) is 0 Å². The topological polar surface area (TPSA) is 55.6 Å². The molecule has 0 fully saturated rings. The molecule has 0 aliphatic rings. The molecule has 0 amide bonds. The van der Waals surface area contributed by atoms with Crippen molar-refractivity contribution in [3.05, 3.63) is 31.1 Å². The number of nitrogens with zero attached hydrogens (tertiary/aromatic N) is 4. The second-order valence-electron chi connectivity index (χ2n) is 3.53. The van der Waals surface area contributed by atoms with Gasteiger partial charge in [-0.3, -0.25) is 0 Å². The number of thioether (sulfide) groups is 1. The highest BCUT2D eigenvalue weighted by molar-refractivity contribution is 7.98. The van der Waals surface area contributed by atoms with Crippen LogP contribution < -0.4 is 5.32 Å². The largest absolute Gasteiger partial charge is 0.370 e. The molecule has 2 heterocycles. The van der Waals surface area contributed by atoms with Gasteiger partial charge in [-0.15, -0.1) is 11.8 Å². The predicted molar refractivity (Wildman–Crippen MR) is 69.1 cm³/mol. The molecule has 2 aromatic rings. The normalized spacial score (nSPS) is 10.4. The number of aromatic nitrogens is 4. The molecule has 0 aromatic carbocycles. The summed E-state index contributed by atoms with van der Waals surface area (Å²) in [4.78, 5) is 12.3. The Morgan fingerprint density at radius 2 is 2.35 bits per heavy atom. The molecule has 0 atom stereocenters. The molecule has 2 rings (SSSR count). The van der Waals surface area contributed by atoms with E-state index in [1.54, 1.807) is 24.3 Å². The molecule has 0 radical (unpaired) electrons. The highest BCUT2D eigenvalue weighted by Gasteiger charge is 1.97. The van der Waals surface area contributed by atoms with Gasteiger partial charge in [0.2, 0.25) is 0 Å². The van der Waals surface area contributed by atoms with Crippen molar-refractivity contribution >= 4 is 17.6 Å². The van der Waals surface area contributed by atoms with Crippen molar-refractivity contribution in [3.63, 3.8) is 0 Å². The molecule has 5 nitrogen and oxygen atoms in total. The van der Waals surface area contributed by atoms with Gasteiger partial charge in [0, 0.05) is 31.5 Å². The summed E-state index contributed by atoms with van der Waals surface area (Å²) in [5, 5.41) is 4.27. The number of hydrogen-bond donors (Lipinski definition) is 1. The Hall–Kier alpha value is -1.56. The zero-order valence-corrected chi connectivity index (χ0v) is 10.5. The average molecular weight is 249 g/mol. The summed E-state index contributed by atoms with van der Waals surface area (Å²) in [6.45, 7) is 1.86. The highest BCUT2D eigenvalue weighted by Crippen LogP contribution is 2.13. The molecular formula is C11H15N5S. The maximum atomic E-state index is 4.17. The van der Waals surface area contributed by atoms with Crippen LogP contribution in [0.15, 0.2) is 36.1 Å². The fourth-order valence-electron chi connectivity index (χ4n) is 1.44. The zero-order chi connectivity index (χ0) is 11.9. The summed E-state index contributed by atoms with van der Waals surface area (Å²) < 4.78 is 2.06. The van der Waals surface area contributed by atoms with Gasteiger partial charge in [-0.2, -0.15) is 0 Å². The lowest BCUT2D eigenvalue weighted by Gasteiger charge is -2.06. The van der Waals surface area contributed by atoms with E-state index in [2.05, 4.69) is 24.8 Å². The first-order valence-corrected chi connectivity index (χ1v) is 6.66. The van der Waals surface area contributed by atoms with E-state index in [1.807, 2.05) is 24.8 Å². The van der Waals surface area contributed by atoms with Crippen LogP contribution in [0.5, 0.6) is 0 Å². The van der Waals surface area contributed by atoms with Gasteiger partial charge in [-0.05, 0) is 12.7 Å². The van der Waals surface area contributed by atoms with Crippen molar-refractivity contribution in [2.45, 2.75) is 18.0 Å². The third kappa shape index (κ3) is 3.74. The monoisotopic (exact) mass is 249 g/mol. The Morgan fingerprint density at radius 3 is 3.12 bits per heavy atom. The number of rotatable bonds is 6. The van der Waals surface area contributed by atoms with Crippen molar-refractivity contribution in [3.8, 4) is 0 Å². The summed E-state index contributed by atoms with van der Waals surface area (Å²) in [7, 11) is 0. The van der Waals surface area contributed by atoms with Gasteiger partial charge in [0.05, 0.1) is 6.33 Å². The van der Waals surface area contributed by atoms with Gasteiger partial charge in [0.15, 0.2) is 0 Å².